The Bertz CT molecular complexity index is 3730. The summed E-state index contributed by atoms with van der Waals surface area (Å²) in [5.74, 6) is -6.47. The summed E-state index contributed by atoms with van der Waals surface area (Å²) in [6.45, 7) is 16.4. The van der Waals surface area contributed by atoms with Crippen molar-refractivity contribution in [1.29, 1.82) is 0 Å². The quantitative estimate of drug-likeness (QED) is 0.0162. The zero-order chi connectivity index (χ0) is 83.9. The highest BCUT2D eigenvalue weighted by Crippen LogP contribution is 2.56. The highest BCUT2D eigenvalue weighted by atomic mass is 16.3. The Labute approximate surface area is 690 Å². The maximum atomic E-state index is 12.0. The monoisotopic (exact) mass is 1590 g/mol. The molecule has 10 rings (SSSR count). The Morgan fingerprint density at radius 2 is 0.241 bits per heavy atom. The summed E-state index contributed by atoms with van der Waals surface area (Å²) in [6.07, 6.45) is 34.3. The highest BCUT2D eigenvalue weighted by molar-refractivity contribution is 5.65. The number of fused-ring (bicyclic) bond motifs is 16. The van der Waals surface area contributed by atoms with E-state index in [1.807, 2.05) is 52.0 Å². The van der Waals surface area contributed by atoms with Crippen LogP contribution in [0.3, 0.4) is 0 Å². The molecule has 0 amide bonds. The molecular weight excluding hydrogens is 1460 g/mol. The molecule has 0 saturated carbocycles. The van der Waals surface area contributed by atoms with Crippen molar-refractivity contribution in [2.45, 2.75) is 334 Å². The molecule has 2 aliphatic rings. The third-order valence-electron chi connectivity index (χ3n) is 25.4. The standard InChI is InChI=1S/C64H96O8.C36H40O8/c1-5-9-13-17-21-25-29-33-45-49-37-51(59(67)41-57(49)65)46(34-30-26-22-18-14-10-6-2)53-39-55(63(71)43-61(53)69)48(36-32-28-24-20-16-12-8-4)56-40-54(62(70)44-64(56)72)47(35-31-27-23-19-15-11-7-3)52-38-50(45)58(66)42-60(52)68;1-5-17-21-9-23(31(39)13-29(21)37)18(6-2)25-11-27(35(43)15-33(25)41)20(8-4)28-12-26(34(42)16-36(28)44)19(7-3)24-10-22(17)30(38)14-32(24)40/h37-48,65-72H,5-36H2,1-4H3;9-20,37-44H,5-8H2,1-4H3. The molecule has 0 spiro atoms. The van der Waals surface area contributed by atoms with Crippen LogP contribution in [0.4, 0.5) is 0 Å². The van der Waals surface area contributed by atoms with E-state index >= 15 is 0 Å². The lowest BCUT2D eigenvalue weighted by molar-refractivity contribution is 0.417. The van der Waals surface area contributed by atoms with Crippen molar-refractivity contribution in [3.63, 3.8) is 0 Å². The average molecular weight is 1590 g/mol. The van der Waals surface area contributed by atoms with E-state index in [1.165, 1.54) is 126 Å². The second-order valence-corrected chi connectivity index (χ2v) is 33.5. The predicted octanol–water partition coefficient (Wildman–Crippen LogP) is 26.5. The van der Waals surface area contributed by atoms with Gasteiger partial charge >= 0.3 is 0 Å². The molecule has 8 aromatic carbocycles. The van der Waals surface area contributed by atoms with Crippen LogP contribution in [0.1, 0.15) is 423 Å². The molecule has 8 aromatic rings. The number of unbranched alkanes of at least 4 members (excludes halogenated alkanes) is 24. The first-order chi connectivity index (χ1) is 55.9. The minimum atomic E-state index is -0.547. The van der Waals surface area contributed by atoms with Crippen LogP contribution in [0.15, 0.2) is 97.1 Å². The molecular formula is C100H136O16. The fourth-order valence-corrected chi connectivity index (χ4v) is 18.9. The largest absolute Gasteiger partial charge is 0.508 e. The van der Waals surface area contributed by atoms with Crippen LogP contribution < -0.4 is 0 Å². The van der Waals surface area contributed by atoms with Crippen molar-refractivity contribution in [2.24, 2.45) is 0 Å². The number of aromatic hydroxyl groups is 16. The lowest BCUT2D eigenvalue weighted by Gasteiger charge is -2.29. The van der Waals surface area contributed by atoms with E-state index in [0.29, 0.717) is 140 Å². The summed E-state index contributed by atoms with van der Waals surface area (Å²) in [6, 6.07) is 24.9. The summed E-state index contributed by atoms with van der Waals surface area (Å²) in [5.41, 5.74) is 7.97. The first-order valence-corrected chi connectivity index (χ1v) is 44.4. The van der Waals surface area contributed by atoms with Gasteiger partial charge in [-0.1, -0.05) is 235 Å². The molecule has 0 unspecified atom stereocenters. The van der Waals surface area contributed by atoms with Crippen LogP contribution in [0, 0.1) is 0 Å². The molecule has 0 atom stereocenters. The van der Waals surface area contributed by atoms with Crippen LogP contribution >= 0.6 is 0 Å². The third-order valence-corrected chi connectivity index (χ3v) is 25.4. The molecule has 0 fully saturated rings. The van der Waals surface area contributed by atoms with Gasteiger partial charge in [0.25, 0.3) is 0 Å². The highest BCUT2D eigenvalue weighted by Gasteiger charge is 2.36. The molecule has 16 nitrogen and oxygen atoms in total. The van der Waals surface area contributed by atoms with Gasteiger partial charge < -0.3 is 81.7 Å². The van der Waals surface area contributed by atoms with E-state index in [2.05, 4.69) is 27.7 Å². The van der Waals surface area contributed by atoms with Crippen molar-refractivity contribution in [2.75, 3.05) is 0 Å². The van der Waals surface area contributed by atoms with Crippen molar-refractivity contribution < 1.29 is 81.7 Å². The maximum absolute atomic E-state index is 12.0. The van der Waals surface area contributed by atoms with Crippen molar-refractivity contribution in [3.8, 4) is 92.0 Å². The van der Waals surface area contributed by atoms with Gasteiger partial charge in [-0.15, -0.1) is 0 Å². The van der Waals surface area contributed by atoms with Crippen LogP contribution in [-0.2, 0) is 0 Å². The van der Waals surface area contributed by atoms with Crippen LogP contribution in [0.2, 0.25) is 0 Å². The third kappa shape index (κ3) is 21.8. The normalized spacial score (nSPS) is 17.7. The summed E-state index contributed by atoms with van der Waals surface area (Å²) in [7, 11) is 0. The minimum absolute atomic E-state index is 0.0974. The summed E-state index contributed by atoms with van der Waals surface area (Å²) >= 11 is 0. The molecule has 0 aromatic heterocycles. The van der Waals surface area contributed by atoms with Gasteiger partial charge in [0.15, 0.2) is 0 Å². The SMILES string of the molecule is CCC1c2cc(c(O)cc2O)C(CC)c2cc(c(O)cc2O)C(CC)c2cc(c(O)cc2O)C(CC)c2cc1c(O)cc2O.CCCCCCCCCC1c2cc(c(O)cc2O)C(CCCCCCCCC)c2cc(c(O)cc2O)C(CCCCCCCCC)c2cc(c(O)cc2O)C(CCCCCCCCC)c2cc1c(O)cc2O. The van der Waals surface area contributed by atoms with E-state index in [1.54, 1.807) is 24.3 Å². The number of phenolic OH excluding ortho intramolecular Hbond substituents is 16. The van der Waals surface area contributed by atoms with Crippen LogP contribution in [-0.4, -0.2) is 81.7 Å². The van der Waals surface area contributed by atoms with E-state index in [4.69, 9.17) is 0 Å². The zero-order valence-electron chi connectivity index (χ0n) is 70.5. The summed E-state index contributed by atoms with van der Waals surface area (Å²) in [5, 5.41) is 185. The molecule has 116 heavy (non-hydrogen) atoms. The zero-order valence-corrected chi connectivity index (χ0v) is 70.5. The summed E-state index contributed by atoms with van der Waals surface area (Å²) in [4.78, 5) is 0. The second kappa shape index (κ2) is 43.7. The van der Waals surface area contributed by atoms with Crippen molar-refractivity contribution in [1.82, 2.24) is 0 Å². The van der Waals surface area contributed by atoms with E-state index < -0.39 is 47.3 Å². The Morgan fingerprint density at radius 3 is 0.353 bits per heavy atom. The summed E-state index contributed by atoms with van der Waals surface area (Å²) < 4.78 is 0. The molecule has 16 N–H and O–H groups in total. The Morgan fingerprint density at radius 1 is 0.138 bits per heavy atom. The number of rotatable bonds is 36. The van der Waals surface area contributed by atoms with Crippen LogP contribution in [0.25, 0.3) is 0 Å². The van der Waals surface area contributed by atoms with Gasteiger partial charge in [0, 0.05) is 185 Å². The number of hydrogen-bond acceptors (Lipinski definition) is 16. The molecule has 16 heteroatoms. The minimum Gasteiger partial charge on any atom is -0.508 e. The van der Waals surface area contributed by atoms with Gasteiger partial charge in [-0.05, 0) is 99.9 Å². The molecule has 0 saturated heterocycles. The number of benzene rings is 8. The number of hydrogen-bond donors (Lipinski definition) is 16. The fourth-order valence-electron chi connectivity index (χ4n) is 18.9. The first-order valence-electron chi connectivity index (χ1n) is 44.4. The van der Waals surface area contributed by atoms with Gasteiger partial charge in [0.1, 0.15) is 92.0 Å². The van der Waals surface area contributed by atoms with Gasteiger partial charge in [-0.2, -0.15) is 0 Å². The van der Waals surface area contributed by atoms with Gasteiger partial charge in [0.2, 0.25) is 0 Å². The molecule has 0 aliphatic heterocycles. The van der Waals surface area contributed by atoms with Crippen molar-refractivity contribution in [3.05, 3.63) is 186 Å². The average Bonchev–Trinajstić information content (AvgIpc) is 0.761. The number of phenols is 16. The van der Waals surface area contributed by atoms with Gasteiger partial charge in [-0.3, -0.25) is 0 Å². The first kappa shape index (κ1) is 90.5. The smallest absolute Gasteiger partial charge is 0.123 e. The topological polar surface area (TPSA) is 324 Å². The van der Waals surface area contributed by atoms with Gasteiger partial charge in [0.05, 0.1) is 0 Å². The predicted molar refractivity (Wildman–Crippen MR) is 465 cm³/mol. The molecule has 16 bridgehead atoms. The van der Waals surface area contributed by atoms with E-state index in [-0.39, 0.29) is 92.0 Å². The second-order valence-electron chi connectivity index (χ2n) is 33.5. The fraction of sp³-hybridized carbons (Fsp3) is 0.520. The molecule has 2 aliphatic carbocycles. The Kier molecular flexibility index (Phi) is 34.1. The maximum Gasteiger partial charge on any atom is 0.123 e. The Balaban J connectivity index is 0.000000297. The van der Waals surface area contributed by atoms with Crippen molar-refractivity contribution >= 4 is 0 Å². The molecule has 0 radical (unpaired) electrons. The molecule has 0 heterocycles. The lowest BCUT2D eigenvalue weighted by atomic mass is 9.76. The van der Waals surface area contributed by atoms with E-state index in [9.17, 15) is 81.7 Å². The lowest BCUT2D eigenvalue weighted by Crippen LogP contribution is -2.11. The van der Waals surface area contributed by atoms with Gasteiger partial charge in [-0.25, -0.2) is 0 Å². The van der Waals surface area contributed by atoms with Crippen LogP contribution in [0.5, 0.6) is 92.0 Å². The molecule has 632 valence electrons. The van der Waals surface area contributed by atoms with E-state index in [0.717, 1.165) is 103 Å². The Hall–Kier alpha value is -9.44.